The monoisotopic (exact) mass is 372 g/mol. The lowest BCUT2D eigenvalue weighted by atomic mass is 9.89. The molecular weight excluding hydrogens is 344 g/mol. The van der Waals surface area contributed by atoms with Crippen LogP contribution in [-0.4, -0.2) is 38.7 Å². The summed E-state index contributed by atoms with van der Waals surface area (Å²) in [5.41, 5.74) is 12.6. The molecule has 8 heteroatoms. The van der Waals surface area contributed by atoms with Gasteiger partial charge in [-0.05, 0) is 50.4 Å². The molecule has 2 unspecified atom stereocenters. The lowest BCUT2D eigenvalue weighted by Crippen LogP contribution is -2.38. The Kier molecular flexibility index (Phi) is 4.25. The topological polar surface area (TPSA) is 143 Å². The van der Waals surface area contributed by atoms with Crippen molar-refractivity contribution in [1.29, 1.82) is 5.41 Å². The van der Waals surface area contributed by atoms with Crippen LogP contribution in [-0.2, 0) is 7.05 Å². The second-order valence-corrected chi connectivity index (χ2v) is 8.49. The normalized spacial score (nSPS) is 33.1. The van der Waals surface area contributed by atoms with Crippen molar-refractivity contribution >= 4 is 17.9 Å². The Balaban J connectivity index is 1.51. The van der Waals surface area contributed by atoms with E-state index in [1.165, 1.54) is 0 Å². The van der Waals surface area contributed by atoms with E-state index in [4.69, 9.17) is 16.9 Å². The molecule has 27 heavy (non-hydrogen) atoms. The van der Waals surface area contributed by atoms with Gasteiger partial charge >= 0.3 is 0 Å². The van der Waals surface area contributed by atoms with Gasteiger partial charge in [-0.2, -0.15) is 5.10 Å². The Morgan fingerprint density at radius 1 is 1.37 bits per heavy atom. The molecule has 0 saturated heterocycles. The number of rotatable bonds is 6. The fourth-order valence-electron chi connectivity index (χ4n) is 5.02. The number of carbonyl (C=O) groups is 1. The highest BCUT2D eigenvalue weighted by atomic mass is 16.3. The van der Waals surface area contributed by atoms with Crippen molar-refractivity contribution in [3.8, 4) is 0 Å². The standard InChI is InChI=1S/C19H28N6O2/c1-25-18(22)14(9-26)17(24-25)10-4-11-7-19(27,8-12(11)5-10)15(6-16(20)21)23-13-2-3-13/h6,9-13,23,27H,2-5,7-8,22H2,1H3,(H3,20,21)/b15-6-. The number of nitrogens with zero attached hydrogens (tertiary/aromatic N) is 2. The number of fused-ring (bicyclic) bond motifs is 1. The molecular formula is C19H28N6O2. The summed E-state index contributed by atoms with van der Waals surface area (Å²) in [4.78, 5) is 11.4. The summed E-state index contributed by atoms with van der Waals surface area (Å²) in [5, 5.41) is 26.8. The van der Waals surface area contributed by atoms with E-state index < -0.39 is 5.60 Å². The molecule has 146 valence electrons. The lowest BCUT2D eigenvalue weighted by molar-refractivity contribution is 0.0683. The average Bonchev–Trinajstić information content (AvgIpc) is 3.15. The first-order chi connectivity index (χ1) is 12.8. The van der Waals surface area contributed by atoms with Crippen LogP contribution in [0.1, 0.15) is 60.5 Å². The van der Waals surface area contributed by atoms with Crippen LogP contribution >= 0.6 is 0 Å². The minimum absolute atomic E-state index is 0.0407. The number of nitrogens with two attached hydrogens (primary N) is 2. The minimum Gasteiger partial charge on any atom is -0.384 e. The molecule has 0 spiro atoms. The third-order valence-electron chi connectivity index (χ3n) is 6.44. The van der Waals surface area contributed by atoms with Gasteiger partial charge in [0.15, 0.2) is 6.29 Å². The molecule has 0 aliphatic heterocycles. The molecule has 0 amide bonds. The van der Waals surface area contributed by atoms with Gasteiger partial charge in [-0.15, -0.1) is 0 Å². The van der Waals surface area contributed by atoms with Crippen LogP contribution < -0.4 is 16.8 Å². The van der Waals surface area contributed by atoms with E-state index in [9.17, 15) is 9.90 Å². The second kappa shape index (κ2) is 6.37. The Labute approximate surface area is 158 Å². The number of aldehydes is 1. The molecule has 4 rings (SSSR count). The van der Waals surface area contributed by atoms with E-state index >= 15 is 0 Å². The third kappa shape index (κ3) is 3.22. The molecule has 1 aromatic rings. The summed E-state index contributed by atoms with van der Waals surface area (Å²) < 4.78 is 1.57. The molecule has 3 aliphatic rings. The predicted octanol–water partition coefficient (Wildman–Crippen LogP) is 1.02. The molecule has 3 saturated carbocycles. The van der Waals surface area contributed by atoms with Crippen molar-refractivity contribution in [3.05, 3.63) is 23.0 Å². The molecule has 0 aromatic carbocycles. The number of aromatic nitrogens is 2. The number of nitrogens with one attached hydrogen (secondary N) is 2. The van der Waals surface area contributed by atoms with E-state index in [-0.39, 0.29) is 11.8 Å². The highest BCUT2D eigenvalue weighted by Gasteiger charge is 2.51. The first kappa shape index (κ1) is 18.0. The quantitative estimate of drug-likeness (QED) is 0.287. The van der Waals surface area contributed by atoms with E-state index in [1.807, 2.05) is 0 Å². The van der Waals surface area contributed by atoms with Gasteiger partial charge in [0.05, 0.1) is 11.3 Å². The fourth-order valence-corrected chi connectivity index (χ4v) is 5.02. The highest BCUT2D eigenvalue weighted by Crippen LogP contribution is 2.55. The number of aliphatic hydroxyl groups is 1. The zero-order valence-electron chi connectivity index (χ0n) is 15.6. The lowest BCUT2D eigenvalue weighted by Gasteiger charge is -2.29. The minimum atomic E-state index is -0.953. The van der Waals surface area contributed by atoms with Crippen molar-refractivity contribution in [3.63, 3.8) is 0 Å². The van der Waals surface area contributed by atoms with Gasteiger partial charge in [0.2, 0.25) is 0 Å². The largest absolute Gasteiger partial charge is 0.384 e. The van der Waals surface area contributed by atoms with Crippen LogP contribution in [0.25, 0.3) is 0 Å². The van der Waals surface area contributed by atoms with E-state index in [1.54, 1.807) is 17.8 Å². The first-order valence-electron chi connectivity index (χ1n) is 9.63. The third-order valence-corrected chi connectivity index (χ3v) is 6.44. The summed E-state index contributed by atoms with van der Waals surface area (Å²) in [5.74, 6) is 1.29. The van der Waals surface area contributed by atoms with Crippen LogP contribution in [0.3, 0.4) is 0 Å². The van der Waals surface area contributed by atoms with Gasteiger partial charge in [0.1, 0.15) is 17.3 Å². The first-order valence-corrected chi connectivity index (χ1v) is 9.63. The van der Waals surface area contributed by atoms with Crippen molar-refractivity contribution in [1.82, 2.24) is 15.1 Å². The maximum absolute atomic E-state index is 11.4. The predicted molar refractivity (Wildman–Crippen MR) is 102 cm³/mol. The van der Waals surface area contributed by atoms with Crippen molar-refractivity contribution < 1.29 is 9.90 Å². The smallest absolute Gasteiger partial charge is 0.155 e. The molecule has 1 heterocycles. The Morgan fingerprint density at radius 3 is 2.52 bits per heavy atom. The SMILES string of the molecule is Cn1nc(C2CC3CC(O)(/C(=C/C(=N)N)NC4CC4)CC3C2)c(C=O)c1N. The number of carbonyl (C=O) groups excluding carboxylic acids is 1. The summed E-state index contributed by atoms with van der Waals surface area (Å²) in [6.07, 6.45) is 7.63. The summed E-state index contributed by atoms with van der Waals surface area (Å²) in [6, 6.07) is 0.388. The van der Waals surface area contributed by atoms with Gasteiger partial charge in [0, 0.05) is 30.8 Å². The Hall–Kier alpha value is -2.35. The number of hydrogen-bond acceptors (Lipinski definition) is 6. The van der Waals surface area contributed by atoms with E-state index in [0.717, 1.165) is 37.7 Å². The molecule has 0 bridgehead atoms. The van der Waals surface area contributed by atoms with Gasteiger partial charge in [-0.3, -0.25) is 14.9 Å². The number of hydrogen-bond donors (Lipinski definition) is 5. The molecule has 3 fully saturated rings. The zero-order valence-corrected chi connectivity index (χ0v) is 15.6. The molecule has 7 N–H and O–H groups in total. The van der Waals surface area contributed by atoms with Crippen LogP contribution in [0.15, 0.2) is 11.8 Å². The van der Waals surface area contributed by atoms with Crippen molar-refractivity contribution in [2.45, 2.75) is 56.1 Å². The summed E-state index contributed by atoms with van der Waals surface area (Å²) in [6.45, 7) is 0. The molecule has 3 aliphatic carbocycles. The van der Waals surface area contributed by atoms with E-state index in [0.29, 0.717) is 47.8 Å². The van der Waals surface area contributed by atoms with Gasteiger partial charge in [0.25, 0.3) is 0 Å². The summed E-state index contributed by atoms with van der Waals surface area (Å²) in [7, 11) is 1.75. The van der Waals surface area contributed by atoms with E-state index in [2.05, 4.69) is 10.4 Å². The highest BCUT2D eigenvalue weighted by molar-refractivity contribution is 5.89. The number of nitrogen functional groups attached to an aromatic ring is 1. The van der Waals surface area contributed by atoms with Crippen LogP contribution in [0.4, 0.5) is 5.82 Å². The maximum Gasteiger partial charge on any atom is 0.155 e. The zero-order chi connectivity index (χ0) is 19.3. The Bertz CT molecular complexity index is 795. The number of amidine groups is 1. The molecule has 1 aromatic heterocycles. The maximum atomic E-state index is 11.4. The van der Waals surface area contributed by atoms with Crippen LogP contribution in [0.5, 0.6) is 0 Å². The van der Waals surface area contributed by atoms with Crippen molar-refractivity contribution in [2.24, 2.45) is 24.6 Å². The van der Waals surface area contributed by atoms with Crippen LogP contribution in [0.2, 0.25) is 0 Å². The second-order valence-electron chi connectivity index (χ2n) is 8.49. The van der Waals surface area contributed by atoms with Gasteiger partial charge in [-0.25, -0.2) is 0 Å². The Morgan fingerprint density at radius 2 is 2.00 bits per heavy atom. The van der Waals surface area contributed by atoms with Crippen molar-refractivity contribution in [2.75, 3.05) is 5.73 Å². The molecule has 0 radical (unpaired) electrons. The summed E-state index contributed by atoms with van der Waals surface area (Å²) >= 11 is 0. The number of aryl methyl sites for hydroxylation is 1. The molecule has 8 nitrogen and oxygen atoms in total. The van der Waals surface area contributed by atoms with Crippen LogP contribution in [0, 0.1) is 17.2 Å². The van der Waals surface area contributed by atoms with Gasteiger partial charge < -0.3 is 21.9 Å². The fraction of sp³-hybridized carbons (Fsp3) is 0.632. The van der Waals surface area contributed by atoms with Gasteiger partial charge in [-0.1, -0.05) is 0 Å². The number of anilines is 1. The average molecular weight is 372 g/mol. The molecule has 2 atom stereocenters.